The highest BCUT2D eigenvalue weighted by atomic mass is 16.1. The van der Waals surface area contributed by atoms with Crippen molar-refractivity contribution >= 4 is 5.91 Å². The summed E-state index contributed by atoms with van der Waals surface area (Å²) in [6.45, 7) is 6.71. The van der Waals surface area contributed by atoms with Crippen molar-refractivity contribution in [2.75, 3.05) is 13.1 Å². The maximum absolute atomic E-state index is 12.3. The largest absolute Gasteiger partial charge is 0.349 e. The SMILES string of the molecule is CC(c1ccccc1)C(C)N1CCC(NC(=O)c2ccccc2)CC1. The van der Waals surface area contributed by atoms with E-state index in [1.54, 1.807) is 0 Å². The second-order valence-corrected chi connectivity index (χ2v) is 7.09. The molecule has 2 atom stereocenters. The molecule has 0 aromatic heterocycles. The van der Waals surface area contributed by atoms with Gasteiger partial charge in [-0.1, -0.05) is 55.5 Å². The van der Waals surface area contributed by atoms with Gasteiger partial charge in [0.25, 0.3) is 5.91 Å². The third kappa shape index (κ3) is 4.49. The van der Waals surface area contributed by atoms with Crippen LogP contribution in [0.15, 0.2) is 60.7 Å². The van der Waals surface area contributed by atoms with Crippen LogP contribution < -0.4 is 5.32 Å². The zero-order valence-electron chi connectivity index (χ0n) is 15.2. The van der Waals surface area contributed by atoms with Gasteiger partial charge in [0.2, 0.25) is 0 Å². The zero-order chi connectivity index (χ0) is 17.6. The molecule has 0 bridgehead atoms. The molecule has 3 rings (SSSR count). The molecule has 2 aromatic carbocycles. The van der Waals surface area contributed by atoms with Gasteiger partial charge in [0.1, 0.15) is 0 Å². The summed E-state index contributed by atoms with van der Waals surface area (Å²) >= 11 is 0. The summed E-state index contributed by atoms with van der Waals surface area (Å²) in [5, 5.41) is 3.19. The first-order valence-corrected chi connectivity index (χ1v) is 9.30. The smallest absolute Gasteiger partial charge is 0.251 e. The van der Waals surface area contributed by atoms with Crippen LogP contribution in [0.4, 0.5) is 0 Å². The number of likely N-dealkylation sites (tertiary alicyclic amines) is 1. The van der Waals surface area contributed by atoms with Crippen LogP contribution in [0.25, 0.3) is 0 Å². The van der Waals surface area contributed by atoms with Crippen LogP contribution in [0.5, 0.6) is 0 Å². The number of hydrogen-bond acceptors (Lipinski definition) is 2. The van der Waals surface area contributed by atoms with Crippen LogP contribution in [0.3, 0.4) is 0 Å². The molecule has 1 aliphatic heterocycles. The number of nitrogens with zero attached hydrogens (tertiary/aromatic N) is 1. The Morgan fingerprint density at radius 1 is 0.960 bits per heavy atom. The summed E-state index contributed by atoms with van der Waals surface area (Å²) in [6.07, 6.45) is 2.04. The summed E-state index contributed by atoms with van der Waals surface area (Å²) < 4.78 is 0. The molecule has 0 radical (unpaired) electrons. The minimum Gasteiger partial charge on any atom is -0.349 e. The molecule has 0 spiro atoms. The van der Waals surface area contributed by atoms with E-state index in [4.69, 9.17) is 0 Å². The average molecular weight is 336 g/mol. The molecule has 1 heterocycles. The summed E-state index contributed by atoms with van der Waals surface area (Å²) in [5.74, 6) is 0.557. The summed E-state index contributed by atoms with van der Waals surface area (Å²) in [6, 6.07) is 21.0. The molecule has 1 N–H and O–H groups in total. The molecule has 2 aromatic rings. The Morgan fingerprint density at radius 3 is 2.12 bits per heavy atom. The van der Waals surface area contributed by atoms with Gasteiger partial charge in [0, 0.05) is 30.7 Å². The zero-order valence-corrected chi connectivity index (χ0v) is 15.2. The Hall–Kier alpha value is -2.13. The summed E-state index contributed by atoms with van der Waals surface area (Å²) in [5.41, 5.74) is 2.14. The Bertz CT molecular complexity index is 663. The number of carbonyl (C=O) groups is 1. The van der Waals surface area contributed by atoms with Crippen LogP contribution in [0, 0.1) is 0 Å². The van der Waals surface area contributed by atoms with Crippen molar-refractivity contribution in [3.63, 3.8) is 0 Å². The number of rotatable bonds is 5. The van der Waals surface area contributed by atoms with E-state index in [1.165, 1.54) is 5.56 Å². The van der Waals surface area contributed by atoms with Crippen molar-refractivity contribution in [3.05, 3.63) is 71.8 Å². The second kappa shape index (κ2) is 8.30. The minimum absolute atomic E-state index is 0.0461. The number of hydrogen-bond donors (Lipinski definition) is 1. The van der Waals surface area contributed by atoms with Crippen molar-refractivity contribution in [1.29, 1.82) is 0 Å². The van der Waals surface area contributed by atoms with Gasteiger partial charge >= 0.3 is 0 Å². The number of amides is 1. The van der Waals surface area contributed by atoms with Gasteiger partial charge in [-0.05, 0) is 43.4 Å². The van der Waals surface area contributed by atoms with Crippen LogP contribution >= 0.6 is 0 Å². The van der Waals surface area contributed by atoms with E-state index < -0.39 is 0 Å². The molecule has 3 nitrogen and oxygen atoms in total. The predicted octanol–water partition coefficient (Wildman–Crippen LogP) is 4.07. The fourth-order valence-corrected chi connectivity index (χ4v) is 3.66. The number of carbonyl (C=O) groups excluding carboxylic acids is 1. The molecular weight excluding hydrogens is 308 g/mol. The summed E-state index contributed by atoms with van der Waals surface area (Å²) in [4.78, 5) is 14.9. The fraction of sp³-hybridized carbons (Fsp3) is 0.409. The van der Waals surface area contributed by atoms with Crippen molar-refractivity contribution in [1.82, 2.24) is 10.2 Å². The average Bonchev–Trinajstić information content (AvgIpc) is 2.69. The van der Waals surface area contributed by atoms with E-state index in [9.17, 15) is 4.79 Å². The number of benzene rings is 2. The summed E-state index contributed by atoms with van der Waals surface area (Å²) in [7, 11) is 0. The van der Waals surface area contributed by atoms with E-state index in [0.29, 0.717) is 12.0 Å². The lowest BCUT2D eigenvalue weighted by Gasteiger charge is -2.39. The van der Waals surface area contributed by atoms with Crippen LogP contribution in [0.2, 0.25) is 0 Å². The van der Waals surface area contributed by atoms with Gasteiger partial charge in [0.15, 0.2) is 0 Å². The fourth-order valence-electron chi connectivity index (χ4n) is 3.66. The molecule has 1 fully saturated rings. The molecule has 3 heteroatoms. The second-order valence-electron chi connectivity index (χ2n) is 7.09. The van der Waals surface area contributed by atoms with E-state index in [0.717, 1.165) is 31.5 Å². The predicted molar refractivity (Wildman–Crippen MR) is 103 cm³/mol. The van der Waals surface area contributed by atoms with E-state index in [2.05, 4.69) is 54.4 Å². The minimum atomic E-state index is 0.0461. The van der Waals surface area contributed by atoms with Crippen LogP contribution in [-0.2, 0) is 0 Å². The molecule has 1 amide bonds. The molecule has 1 aliphatic rings. The molecule has 0 saturated carbocycles. The van der Waals surface area contributed by atoms with Gasteiger partial charge in [-0.2, -0.15) is 0 Å². The highest BCUT2D eigenvalue weighted by Crippen LogP contribution is 2.25. The van der Waals surface area contributed by atoms with E-state index >= 15 is 0 Å². The first-order chi connectivity index (χ1) is 12.1. The van der Waals surface area contributed by atoms with E-state index in [1.807, 2.05) is 30.3 Å². The standard InChI is InChI=1S/C22H28N2O/c1-17(19-9-5-3-6-10-19)18(2)24-15-13-21(14-16-24)23-22(25)20-11-7-4-8-12-20/h3-12,17-18,21H,13-16H2,1-2H3,(H,23,25). The topological polar surface area (TPSA) is 32.3 Å². The Morgan fingerprint density at radius 2 is 1.52 bits per heavy atom. The first kappa shape index (κ1) is 17.7. The molecule has 0 aliphatic carbocycles. The number of piperidine rings is 1. The van der Waals surface area contributed by atoms with Crippen molar-refractivity contribution in [3.8, 4) is 0 Å². The van der Waals surface area contributed by atoms with Gasteiger partial charge < -0.3 is 5.32 Å². The Balaban J connectivity index is 1.51. The van der Waals surface area contributed by atoms with Gasteiger partial charge in [-0.25, -0.2) is 0 Å². The number of nitrogens with one attached hydrogen (secondary N) is 1. The first-order valence-electron chi connectivity index (χ1n) is 9.30. The maximum atomic E-state index is 12.3. The quantitative estimate of drug-likeness (QED) is 0.892. The van der Waals surface area contributed by atoms with Crippen LogP contribution in [-0.4, -0.2) is 36.0 Å². The monoisotopic (exact) mass is 336 g/mol. The third-order valence-corrected chi connectivity index (χ3v) is 5.53. The lowest BCUT2D eigenvalue weighted by atomic mass is 9.91. The molecule has 25 heavy (non-hydrogen) atoms. The lowest BCUT2D eigenvalue weighted by molar-refractivity contribution is 0.0888. The highest BCUT2D eigenvalue weighted by molar-refractivity contribution is 5.94. The Kier molecular flexibility index (Phi) is 5.87. The lowest BCUT2D eigenvalue weighted by Crippen LogP contribution is -2.48. The van der Waals surface area contributed by atoms with Gasteiger partial charge in [-0.3, -0.25) is 9.69 Å². The van der Waals surface area contributed by atoms with Gasteiger partial charge in [0.05, 0.1) is 0 Å². The van der Waals surface area contributed by atoms with Gasteiger partial charge in [-0.15, -0.1) is 0 Å². The van der Waals surface area contributed by atoms with E-state index in [-0.39, 0.29) is 11.9 Å². The molecule has 1 saturated heterocycles. The molecular formula is C22H28N2O. The highest BCUT2D eigenvalue weighted by Gasteiger charge is 2.27. The van der Waals surface area contributed by atoms with Crippen molar-refractivity contribution in [2.45, 2.75) is 44.7 Å². The Labute approximate surface area is 151 Å². The van der Waals surface area contributed by atoms with Crippen molar-refractivity contribution < 1.29 is 4.79 Å². The molecule has 2 unspecified atom stereocenters. The van der Waals surface area contributed by atoms with Crippen molar-refractivity contribution in [2.24, 2.45) is 0 Å². The maximum Gasteiger partial charge on any atom is 0.251 e. The van der Waals surface area contributed by atoms with Crippen LogP contribution in [0.1, 0.15) is 48.5 Å². The molecule has 132 valence electrons. The normalized spacial score (nSPS) is 18.5. The third-order valence-electron chi connectivity index (χ3n) is 5.53.